The van der Waals surface area contributed by atoms with Crippen LogP contribution < -0.4 is 5.32 Å². The number of methoxy groups -OCH3 is 1. The summed E-state index contributed by atoms with van der Waals surface area (Å²) in [4.78, 5) is 17.8. The number of nitrogens with one attached hydrogen (secondary N) is 1. The van der Waals surface area contributed by atoms with E-state index < -0.39 is 0 Å². The Bertz CT molecular complexity index is 684. The minimum atomic E-state index is -0.145. The molecule has 0 aliphatic heterocycles. The molecule has 0 unspecified atom stereocenters. The SMILES string of the molecule is COC(=O)CCCCCNC(=S)N(C)[C@H](C)c1nc2ccccc2s1. The molecular weight excluding hydrogens is 354 g/mol. The second-order valence-corrected chi connectivity index (χ2v) is 7.37. The molecule has 25 heavy (non-hydrogen) atoms. The zero-order chi connectivity index (χ0) is 18.2. The highest BCUT2D eigenvalue weighted by atomic mass is 32.1. The van der Waals surface area contributed by atoms with E-state index in [9.17, 15) is 4.79 Å². The Morgan fingerprint density at radius 3 is 2.84 bits per heavy atom. The van der Waals surface area contributed by atoms with Gasteiger partial charge >= 0.3 is 5.97 Å². The predicted octanol–water partition coefficient (Wildman–Crippen LogP) is 3.90. The Balaban J connectivity index is 1.76. The van der Waals surface area contributed by atoms with Gasteiger partial charge in [0.15, 0.2) is 5.11 Å². The molecule has 0 aliphatic rings. The first-order valence-electron chi connectivity index (χ1n) is 8.46. The summed E-state index contributed by atoms with van der Waals surface area (Å²) in [7, 11) is 3.41. The van der Waals surface area contributed by atoms with Crippen LogP contribution in [0.25, 0.3) is 10.2 Å². The fourth-order valence-electron chi connectivity index (χ4n) is 2.40. The van der Waals surface area contributed by atoms with E-state index in [0.29, 0.717) is 6.42 Å². The normalized spacial score (nSPS) is 12.0. The van der Waals surface area contributed by atoms with E-state index in [1.54, 1.807) is 11.3 Å². The van der Waals surface area contributed by atoms with Crippen LogP contribution in [0.2, 0.25) is 0 Å². The second kappa shape index (κ2) is 9.68. The molecule has 0 radical (unpaired) electrons. The molecule has 2 rings (SSSR count). The summed E-state index contributed by atoms with van der Waals surface area (Å²) in [6.07, 6.45) is 3.27. The number of nitrogens with zero attached hydrogens (tertiary/aromatic N) is 2. The van der Waals surface area contributed by atoms with E-state index in [1.807, 2.05) is 30.1 Å². The van der Waals surface area contributed by atoms with Crippen molar-refractivity contribution in [2.45, 2.75) is 38.6 Å². The van der Waals surface area contributed by atoms with E-state index in [0.717, 1.165) is 41.4 Å². The number of benzene rings is 1. The van der Waals surface area contributed by atoms with Crippen molar-refractivity contribution in [3.63, 3.8) is 0 Å². The number of thiazole rings is 1. The van der Waals surface area contributed by atoms with Gasteiger partial charge in [0.05, 0.1) is 23.4 Å². The number of esters is 1. The van der Waals surface area contributed by atoms with Crippen LogP contribution >= 0.6 is 23.6 Å². The maximum absolute atomic E-state index is 11.0. The molecule has 0 aliphatic carbocycles. The molecule has 0 bridgehead atoms. The summed E-state index contributed by atoms with van der Waals surface area (Å²) in [5.41, 5.74) is 1.03. The van der Waals surface area contributed by atoms with Crippen LogP contribution in [0.3, 0.4) is 0 Å². The molecule has 1 aromatic heterocycles. The van der Waals surface area contributed by atoms with Crippen LogP contribution in [0.4, 0.5) is 0 Å². The van der Waals surface area contributed by atoms with E-state index >= 15 is 0 Å². The fourth-order valence-corrected chi connectivity index (χ4v) is 3.73. The molecule has 0 saturated carbocycles. The van der Waals surface area contributed by atoms with Crippen LogP contribution in [0.5, 0.6) is 0 Å². The first-order chi connectivity index (χ1) is 12.0. The van der Waals surface area contributed by atoms with Gasteiger partial charge in [0.25, 0.3) is 0 Å². The first-order valence-corrected chi connectivity index (χ1v) is 9.68. The van der Waals surface area contributed by atoms with Crippen LogP contribution in [0.15, 0.2) is 24.3 Å². The highest BCUT2D eigenvalue weighted by molar-refractivity contribution is 7.80. The standard InChI is InChI=1S/C18H25N3O2S2/c1-13(17-20-14-9-6-7-10-15(14)25-17)21(2)18(24)19-12-8-4-5-11-16(22)23-3/h6-7,9-10,13H,4-5,8,11-12H2,1-3H3,(H,19,24)/t13-/m1/s1. The predicted molar refractivity (Wildman–Crippen MR) is 107 cm³/mol. The first kappa shape index (κ1) is 19.6. The zero-order valence-electron chi connectivity index (χ0n) is 14.9. The van der Waals surface area contributed by atoms with Gasteiger partial charge in [-0.2, -0.15) is 0 Å². The molecule has 1 aromatic carbocycles. The Morgan fingerprint density at radius 1 is 1.36 bits per heavy atom. The van der Waals surface area contributed by atoms with Gasteiger partial charge in [-0.3, -0.25) is 4.79 Å². The number of para-hydroxylation sites is 1. The number of fused-ring (bicyclic) bond motifs is 1. The van der Waals surface area contributed by atoms with Crippen LogP contribution in [-0.2, 0) is 9.53 Å². The van der Waals surface area contributed by atoms with E-state index in [2.05, 4.69) is 23.0 Å². The topological polar surface area (TPSA) is 54.5 Å². The smallest absolute Gasteiger partial charge is 0.305 e. The summed E-state index contributed by atoms with van der Waals surface area (Å²) in [5, 5.41) is 5.07. The van der Waals surface area contributed by atoms with E-state index in [1.165, 1.54) is 11.8 Å². The number of rotatable bonds is 8. The molecule has 0 saturated heterocycles. The highest BCUT2D eigenvalue weighted by Gasteiger charge is 2.18. The van der Waals surface area contributed by atoms with Crippen molar-refractivity contribution in [2.24, 2.45) is 0 Å². The quantitative estimate of drug-likeness (QED) is 0.426. The van der Waals surface area contributed by atoms with Gasteiger partial charge in [-0.1, -0.05) is 18.6 Å². The molecule has 5 nitrogen and oxygen atoms in total. The number of aromatic nitrogens is 1. The molecule has 0 fully saturated rings. The minimum Gasteiger partial charge on any atom is -0.469 e. The van der Waals surface area contributed by atoms with Gasteiger partial charge < -0.3 is 15.0 Å². The lowest BCUT2D eigenvalue weighted by Gasteiger charge is -2.26. The van der Waals surface area contributed by atoms with Gasteiger partial charge in [0.2, 0.25) is 0 Å². The summed E-state index contributed by atoms with van der Waals surface area (Å²) in [6.45, 7) is 2.92. The number of carbonyl (C=O) groups excluding carboxylic acids is 1. The number of ether oxygens (including phenoxy) is 1. The van der Waals surface area contributed by atoms with Crippen LogP contribution in [-0.4, -0.2) is 41.7 Å². The van der Waals surface area contributed by atoms with Crippen molar-refractivity contribution in [2.75, 3.05) is 20.7 Å². The Kier molecular flexibility index (Phi) is 7.58. The molecule has 1 heterocycles. The van der Waals surface area contributed by atoms with Gasteiger partial charge in [0.1, 0.15) is 5.01 Å². The molecular formula is C18H25N3O2S2. The lowest BCUT2D eigenvalue weighted by molar-refractivity contribution is -0.140. The lowest BCUT2D eigenvalue weighted by Crippen LogP contribution is -2.38. The Hall–Kier alpha value is -1.73. The molecule has 7 heteroatoms. The number of hydrogen-bond acceptors (Lipinski definition) is 5. The zero-order valence-corrected chi connectivity index (χ0v) is 16.6. The van der Waals surface area contributed by atoms with Crippen molar-refractivity contribution < 1.29 is 9.53 Å². The Morgan fingerprint density at radius 2 is 2.12 bits per heavy atom. The van der Waals surface area contributed by atoms with Crippen LogP contribution in [0, 0.1) is 0 Å². The molecule has 0 spiro atoms. The summed E-state index contributed by atoms with van der Waals surface area (Å²) in [6, 6.07) is 8.29. The van der Waals surface area contributed by atoms with Crippen molar-refractivity contribution in [1.82, 2.24) is 15.2 Å². The lowest BCUT2D eigenvalue weighted by atomic mass is 10.2. The number of thiocarbonyl (C=S) groups is 1. The van der Waals surface area contributed by atoms with E-state index in [-0.39, 0.29) is 12.0 Å². The highest BCUT2D eigenvalue weighted by Crippen LogP contribution is 2.28. The average molecular weight is 380 g/mol. The largest absolute Gasteiger partial charge is 0.469 e. The van der Waals surface area contributed by atoms with Crippen LogP contribution in [0.1, 0.15) is 43.7 Å². The van der Waals surface area contributed by atoms with Crippen molar-refractivity contribution in [3.8, 4) is 0 Å². The number of hydrogen-bond donors (Lipinski definition) is 1. The molecule has 1 atom stereocenters. The molecule has 136 valence electrons. The maximum Gasteiger partial charge on any atom is 0.305 e. The molecule has 1 N–H and O–H groups in total. The minimum absolute atomic E-state index is 0.122. The van der Waals surface area contributed by atoms with Crippen molar-refractivity contribution in [3.05, 3.63) is 29.3 Å². The summed E-state index contributed by atoms with van der Waals surface area (Å²) < 4.78 is 5.83. The fraction of sp³-hybridized carbons (Fsp3) is 0.500. The van der Waals surface area contributed by atoms with Gasteiger partial charge in [-0.25, -0.2) is 4.98 Å². The van der Waals surface area contributed by atoms with Gasteiger partial charge in [0, 0.05) is 20.0 Å². The Labute approximate surface area is 158 Å². The molecule has 2 aromatic rings. The second-order valence-electron chi connectivity index (χ2n) is 5.93. The average Bonchev–Trinajstić information content (AvgIpc) is 3.06. The van der Waals surface area contributed by atoms with E-state index in [4.69, 9.17) is 17.2 Å². The third kappa shape index (κ3) is 5.64. The monoisotopic (exact) mass is 379 g/mol. The van der Waals surface area contributed by atoms with Gasteiger partial charge in [-0.05, 0) is 44.1 Å². The number of carbonyl (C=O) groups is 1. The summed E-state index contributed by atoms with van der Waals surface area (Å²) >= 11 is 7.20. The maximum atomic E-state index is 11.0. The third-order valence-electron chi connectivity index (χ3n) is 4.13. The molecule has 0 amide bonds. The third-order valence-corrected chi connectivity index (χ3v) is 5.77. The van der Waals surface area contributed by atoms with Gasteiger partial charge in [-0.15, -0.1) is 11.3 Å². The van der Waals surface area contributed by atoms with Crippen molar-refractivity contribution >= 4 is 44.9 Å². The van der Waals surface area contributed by atoms with Crippen molar-refractivity contribution in [1.29, 1.82) is 0 Å². The summed E-state index contributed by atoms with van der Waals surface area (Å²) in [5.74, 6) is -0.145. The number of unbranched alkanes of at least 4 members (excludes halogenated alkanes) is 2.